The van der Waals surface area contributed by atoms with Crippen LogP contribution in [0.15, 0.2) is 22.7 Å². The molecule has 0 saturated carbocycles. The van der Waals surface area contributed by atoms with Crippen molar-refractivity contribution in [1.82, 2.24) is 5.32 Å². The fourth-order valence-electron chi connectivity index (χ4n) is 2.15. The number of rotatable bonds is 6. The summed E-state index contributed by atoms with van der Waals surface area (Å²) in [6, 6.07) is 6.93. The second kappa shape index (κ2) is 6.76. The molecule has 0 bridgehead atoms. The van der Waals surface area contributed by atoms with Crippen molar-refractivity contribution in [2.45, 2.75) is 52.6 Å². The number of nitrogens with zero attached hydrogens (tertiary/aromatic N) is 1. The highest BCUT2D eigenvalue weighted by molar-refractivity contribution is 9.10. The van der Waals surface area contributed by atoms with E-state index in [1.165, 1.54) is 11.3 Å². The molecule has 0 spiro atoms. The lowest BCUT2D eigenvalue weighted by atomic mass is 9.96. The third kappa shape index (κ3) is 3.96. The van der Waals surface area contributed by atoms with Gasteiger partial charge in [0.05, 0.1) is 0 Å². The second-order valence-electron chi connectivity index (χ2n) is 5.71. The van der Waals surface area contributed by atoms with Crippen molar-refractivity contribution in [2.75, 3.05) is 18.5 Å². The van der Waals surface area contributed by atoms with Crippen molar-refractivity contribution in [3.05, 3.63) is 28.2 Å². The molecule has 0 heterocycles. The van der Waals surface area contributed by atoms with Crippen molar-refractivity contribution in [2.24, 2.45) is 0 Å². The van der Waals surface area contributed by atoms with Crippen LogP contribution in [0.3, 0.4) is 0 Å². The van der Waals surface area contributed by atoms with Crippen LogP contribution < -0.4 is 10.2 Å². The predicted molar refractivity (Wildman–Crippen MR) is 89.0 cm³/mol. The van der Waals surface area contributed by atoms with Crippen LogP contribution in [0, 0.1) is 0 Å². The molecule has 0 amide bonds. The first-order chi connectivity index (χ1) is 8.83. The average molecular weight is 327 g/mol. The van der Waals surface area contributed by atoms with Crippen molar-refractivity contribution in [3.63, 3.8) is 0 Å². The molecular weight excluding hydrogens is 300 g/mol. The minimum Gasteiger partial charge on any atom is -0.369 e. The van der Waals surface area contributed by atoms with Gasteiger partial charge in [0.15, 0.2) is 0 Å². The minimum atomic E-state index is 0.154. The monoisotopic (exact) mass is 326 g/mol. The first-order valence-electron chi connectivity index (χ1n) is 7.10. The fraction of sp³-hybridized carbons (Fsp3) is 0.625. The molecule has 1 aromatic carbocycles. The molecule has 0 aromatic heterocycles. The Morgan fingerprint density at radius 1 is 1.32 bits per heavy atom. The van der Waals surface area contributed by atoms with Crippen LogP contribution in [0.4, 0.5) is 5.69 Å². The zero-order chi connectivity index (χ0) is 14.6. The largest absolute Gasteiger partial charge is 0.369 e. The summed E-state index contributed by atoms with van der Waals surface area (Å²) in [4.78, 5) is 2.39. The average Bonchev–Trinajstić information content (AvgIpc) is 2.37. The second-order valence-corrected chi connectivity index (χ2v) is 6.62. The van der Waals surface area contributed by atoms with Gasteiger partial charge in [0.2, 0.25) is 0 Å². The fourth-order valence-corrected chi connectivity index (χ4v) is 2.50. The van der Waals surface area contributed by atoms with E-state index in [9.17, 15) is 0 Å². The lowest BCUT2D eigenvalue weighted by Crippen LogP contribution is -2.41. The Kier molecular flexibility index (Phi) is 5.87. The molecule has 3 heteroatoms. The van der Waals surface area contributed by atoms with E-state index in [0.717, 1.165) is 17.4 Å². The van der Waals surface area contributed by atoms with Crippen LogP contribution in [-0.2, 0) is 0 Å². The molecule has 1 rings (SSSR count). The van der Waals surface area contributed by atoms with E-state index in [1.54, 1.807) is 0 Å². The van der Waals surface area contributed by atoms with Gasteiger partial charge in [0.25, 0.3) is 0 Å². The maximum absolute atomic E-state index is 3.59. The highest BCUT2D eigenvalue weighted by Gasteiger charge is 2.24. The molecule has 108 valence electrons. The van der Waals surface area contributed by atoms with Gasteiger partial charge in [-0.2, -0.15) is 0 Å². The van der Waals surface area contributed by atoms with Gasteiger partial charge in [-0.15, -0.1) is 0 Å². The number of hydrogen-bond donors (Lipinski definition) is 1. The van der Waals surface area contributed by atoms with Gasteiger partial charge in [-0.05, 0) is 51.4 Å². The zero-order valence-corrected chi connectivity index (χ0v) is 14.6. The summed E-state index contributed by atoms with van der Waals surface area (Å²) in [5.74, 6) is 0. The summed E-state index contributed by atoms with van der Waals surface area (Å²) < 4.78 is 1.13. The Morgan fingerprint density at radius 2 is 1.95 bits per heavy atom. The number of anilines is 1. The van der Waals surface area contributed by atoms with E-state index in [4.69, 9.17) is 0 Å². The molecule has 1 unspecified atom stereocenters. The molecule has 1 aromatic rings. The third-order valence-electron chi connectivity index (χ3n) is 4.10. The van der Waals surface area contributed by atoms with Crippen molar-refractivity contribution >= 4 is 21.6 Å². The summed E-state index contributed by atoms with van der Waals surface area (Å²) in [6.45, 7) is 12.2. The van der Waals surface area contributed by atoms with Crippen LogP contribution >= 0.6 is 15.9 Å². The SMILES string of the molecule is CCNC(C)c1ccc(Br)cc1N(C)C(C)(C)CC. The van der Waals surface area contributed by atoms with Gasteiger partial charge in [0.1, 0.15) is 0 Å². The topological polar surface area (TPSA) is 15.3 Å². The quantitative estimate of drug-likeness (QED) is 0.811. The molecule has 1 atom stereocenters. The van der Waals surface area contributed by atoms with Crippen LogP contribution in [0.5, 0.6) is 0 Å². The lowest BCUT2D eigenvalue weighted by molar-refractivity contribution is 0.467. The first kappa shape index (κ1) is 16.5. The predicted octanol–water partition coefficient (Wildman–Crippen LogP) is 4.74. The van der Waals surface area contributed by atoms with Crippen molar-refractivity contribution in [3.8, 4) is 0 Å². The molecular formula is C16H27BrN2. The molecule has 0 radical (unpaired) electrons. The smallest absolute Gasteiger partial charge is 0.0427 e. The van der Waals surface area contributed by atoms with Gasteiger partial charge in [0, 0.05) is 28.8 Å². The summed E-state index contributed by atoms with van der Waals surface area (Å²) in [5, 5.41) is 3.50. The van der Waals surface area contributed by atoms with Crippen LogP contribution in [0.25, 0.3) is 0 Å². The normalized spacial score (nSPS) is 13.4. The molecule has 0 aliphatic carbocycles. The molecule has 0 fully saturated rings. The third-order valence-corrected chi connectivity index (χ3v) is 4.60. The van der Waals surface area contributed by atoms with E-state index in [1.807, 2.05) is 0 Å². The van der Waals surface area contributed by atoms with E-state index in [2.05, 4.69) is 86.0 Å². The van der Waals surface area contributed by atoms with Gasteiger partial charge >= 0.3 is 0 Å². The Bertz CT molecular complexity index is 415. The molecule has 0 aliphatic heterocycles. The maximum atomic E-state index is 3.59. The van der Waals surface area contributed by atoms with E-state index in [0.29, 0.717) is 6.04 Å². The van der Waals surface area contributed by atoms with E-state index >= 15 is 0 Å². The summed E-state index contributed by atoms with van der Waals surface area (Å²) in [6.07, 6.45) is 1.12. The molecule has 2 nitrogen and oxygen atoms in total. The Morgan fingerprint density at radius 3 is 2.47 bits per heavy atom. The Balaban J connectivity index is 3.20. The highest BCUT2D eigenvalue weighted by Crippen LogP contribution is 2.33. The minimum absolute atomic E-state index is 0.154. The number of halogens is 1. The lowest BCUT2D eigenvalue weighted by Gasteiger charge is -2.39. The van der Waals surface area contributed by atoms with Crippen molar-refractivity contribution < 1.29 is 0 Å². The highest BCUT2D eigenvalue weighted by atomic mass is 79.9. The Hall–Kier alpha value is -0.540. The maximum Gasteiger partial charge on any atom is 0.0427 e. The zero-order valence-electron chi connectivity index (χ0n) is 13.0. The standard InChI is InChI=1S/C16H27BrN2/c1-7-16(4,5)19(6)15-11-13(17)9-10-14(15)12(3)18-8-2/h9-12,18H,7-8H2,1-6H3. The molecule has 0 saturated heterocycles. The van der Waals surface area contributed by atoms with Gasteiger partial charge in [-0.1, -0.05) is 35.8 Å². The number of benzene rings is 1. The number of nitrogens with one attached hydrogen (secondary N) is 1. The van der Waals surface area contributed by atoms with Gasteiger partial charge < -0.3 is 10.2 Å². The summed E-state index contributed by atoms with van der Waals surface area (Å²) in [5.41, 5.74) is 2.81. The van der Waals surface area contributed by atoms with Crippen LogP contribution in [0.1, 0.15) is 52.6 Å². The Labute approximate surface area is 126 Å². The molecule has 19 heavy (non-hydrogen) atoms. The van der Waals surface area contributed by atoms with E-state index < -0.39 is 0 Å². The van der Waals surface area contributed by atoms with Crippen LogP contribution in [0.2, 0.25) is 0 Å². The molecule has 0 aliphatic rings. The summed E-state index contributed by atoms with van der Waals surface area (Å²) >= 11 is 3.59. The number of hydrogen-bond acceptors (Lipinski definition) is 2. The molecule has 1 N–H and O–H groups in total. The van der Waals surface area contributed by atoms with Crippen LogP contribution in [-0.4, -0.2) is 19.1 Å². The first-order valence-corrected chi connectivity index (χ1v) is 7.89. The van der Waals surface area contributed by atoms with Crippen molar-refractivity contribution in [1.29, 1.82) is 0 Å². The van der Waals surface area contributed by atoms with Gasteiger partial charge in [-0.25, -0.2) is 0 Å². The van der Waals surface area contributed by atoms with E-state index in [-0.39, 0.29) is 5.54 Å². The summed E-state index contributed by atoms with van der Waals surface area (Å²) in [7, 11) is 2.19. The van der Waals surface area contributed by atoms with Gasteiger partial charge in [-0.3, -0.25) is 0 Å².